The Morgan fingerprint density at radius 1 is 1.29 bits per heavy atom. The topological polar surface area (TPSA) is 77.9 Å². The molecule has 0 saturated carbocycles. The van der Waals surface area contributed by atoms with Gasteiger partial charge in [0.2, 0.25) is 0 Å². The summed E-state index contributed by atoms with van der Waals surface area (Å²) >= 11 is 0. The number of pyridine rings is 1. The molecule has 2 aliphatic rings. The van der Waals surface area contributed by atoms with Crippen LogP contribution in [0.1, 0.15) is 37.5 Å². The Hall–Kier alpha value is -2.41. The van der Waals surface area contributed by atoms with Crippen molar-refractivity contribution < 1.29 is 14.9 Å². The highest BCUT2D eigenvalue weighted by molar-refractivity contribution is 5.79. The van der Waals surface area contributed by atoms with Gasteiger partial charge in [-0.2, -0.15) is 0 Å². The van der Waals surface area contributed by atoms with E-state index in [-0.39, 0.29) is 12.7 Å². The molecule has 0 amide bonds. The molecule has 3 N–H and O–H groups in total. The maximum atomic E-state index is 10.0. The number of benzene rings is 1. The lowest BCUT2D eigenvalue weighted by atomic mass is 10.0. The van der Waals surface area contributed by atoms with Crippen molar-refractivity contribution in [2.24, 2.45) is 0 Å². The van der Waals surface area contributed by atoms with Gasteiger partial charge in [0, 0.05) is 41.7 Å². The third-order valence-corrected chi connectivity index (χ3v) is 5.64. The Labute approximate surface area is 164 Å². The van der Waals surface area contributed by atoms with Crippen molar-refractivity contribution >= 4 is 29.8 Å². The predicted octanol–water partition coefficient (Wildman–Crippen LogP) is 1.41. The molecule has 0 radical (unpaired) electrons. The van der Waals surface area contributed by atoms with E-state index in [1.165, 1.54) is 5.69 Å². The molecule has 0 bridgehead atoms. The van der Waals surface area contributed by atoms with Gasteiger partial charge < -0.3 is 25.2 Å². The Balaban J connectivity index is 1.70. The molecule has 1 aromatic heterocycles. The molecule has 0 aliphatic carbocycles. The quantitative estimate of drug-likeness (QED) is 0.620. The van der Waals surface area contributed by atoms with Crippen molar-refractivity contribution in [3.63, 3.8) is 0 Å². The van der Waals surface area contributed by atoms with Crippen LogP contribution in [0.2, 0.25) is 0 Å². The van der Waals surface area contributed by atoms with Crippen molar-refractivity contribution in [1.82, 2.24) is 4.98 Å². The lowest BCUT2D eigenvalue weighted by molar-refractivity contribution is -0.0228. The summed E-state index contributed by atoms with van der Waals surface area (Å²) in [7, 11) is 0. The average Bonchev–Trinajstić information content (AvgIpc) is 3.07. The lowest BCUT2D eigenvalue weighted by Gasteiger charge is -2.24. The van der Waals surface area contributed by atoms with E-state index in [9.17, 15) is 10.2 Å². The van der Waals surface area contributed by atoms with Gasteiger partial charge in [0.05, 0.1) is 24.2 Å². The number of ether oxygens (including phenoxy) is 1. The van der Waals surface area contributed by atoms with Gasteiger partial charge in [0.25, 0.3) is 0 Å². The lowest BCUT2D eigenvalue weighted by Crippen LogP contribution is -2.27. The molecular formula is C22H27N3O3. The van der Waals surface area contributed by atoms with Crippen LogP contribution in [0.4, 0.5) is 17.2 Å². The highest BCUT2D eigenvalue weighted by Gasteiger charge is 2.35. The molecule has 6 nitrogen and oxygen atoms in total. The Bertz CT molecular complexity index is 987. The number of aliphatic hydroxyl groups excluding tert-OH is 2. The molecule has 3 atom stereocenters. The van der Waals surface area contributed by atoms with E-state index in [0.29, 0.717) is 11.8 Å². The number of fused-ring (bicyclic) bond motifs is 2. The first-order valence-electron chi connectivity index (χ1n) is 9.86. The van der Waals surface area contributed by atoms with Crippen molar-refractivity contribution in [1.29, 1.82) is 0 Å². The fourth-order valence-corrected chi connectivity index (χ4v) is 4.02. The molecule has 28 heavy (non-hydrogen) atoms. The second kappa shape index (κ2) is 7.54. The predicted molar refractivity (Wildman–Crippen MR) is 111 cm³/mol. The SMILES string of the molecule is C=c1nc2c(cc1[C@H]1C[C@@H](O)[C@@H](CO)O1)=Cc1ccc(N(CC)CC)cc1N2. The standard InChI is InChI=1S/C22H27N3O3/c1-4-25(5-2)16-7-6-14-8-15-9-17(20-11-19(27)21(12-26)28-20)13(3)23-22(15)24-18(14)10-16/h6-10,19-21,26-27H,3-5,11-12H2,1-2H3,(H,23,24)/t19-,20-,21-/m1/s1. The maximum Gasteiger partial charge on any atom is 0.138 e. The van der Waals surface area contributed by atoms with Crippen molar-refractivity contribution in [3.05, 3.63) is 46.0 Å². The number of rotatable bonds is 5. The zero-order chi connectivity index (χ0) is 19.8. The minimum Gasteiger partial charge on any atom is -0.394 e. The zero-order valence-corrected chi connectivity index (χ0v) is 16.4. The Morgan fingerprint density at radius 2 is 2.07 bits per heavy atom. The van der Waals surface area contributed by atoms with E-state index >= 15 is 0 Å². The minimum atomic E-state index is -0.674. The fourth-order valence-electron chi connectivity index (χ4n) is 4.02. The number of nitrogens with one attached hydrogen (secondary N) is 1. The molecule has 6 heteroatoms. The zero-order valence-electron chi connectivity index (χ0n) is 16.4. The second-order valence-electron chi connectivity index (χ2n) is 7.32. The Morgan fingerprint density at radius 3 is 2.75 bits per heavy atom. The van der Waals surface area contributed by atoms with Gasteiger partial charge in [0.15, 0.2) is 0 Å². The van der Waals surface area contributed by atoms with Crippen molar-refractivity contribution in [2.75, 3.05) is 29.9 Å². The van der Waals surface area contributed by atoms with Crippen LogP contribution < -0.4 is 20.8 Å². The summed E-state index contributed by atoms with van der Waals surface area (Å²) in [4.78, 5) is 6.96. The van der Waals surface area contributed by atoms with Crippen molar-refractivity contribution in [3.8, 4) is 0 Å². The monoisotopic (exact) mass is 381 g/mol. The van der Waals surface area contributed by atoms with Crippen LogP contribution >= 0.6 is 0 Å². The number of aliphatic hydroxyl groups is 2. The highest BCUT2D eigenvalue weighted by Crippen LogP contribution is 2.32. The third-order valence-electron chi connectivity index (χ3n) is 5.64. The van der Waals surface area contributed by atoms with E-state index in [4.69, 9.17) is 4.74 Å². The molecule has 0 spiro atoms. The summed E-state index contributed by atoms with van der Waals surface area (Å²) in [6.07, 6.45) is 1.01. The molecule has 0 unspecified atom stereocenters. The van der Waals surface area contributed by atoms with Crippen LogP contribution in [0, 0.1) is 0 Å². The molecule has 3 heterocycles. The van der Waals surface area contributed by atoms with E-state index in [1.54, 1.807) is 0 Å². The van der Waals surface area contributed by atoms with Gasteiger partial charge in [-0.15, -0.1) is 0 Å². The normalized spacial score (nSPS) is 22.8. The molecule has 2 aromatic rings. The van der Waals surface area contributed by atoms with Gasteiger partial charge in [-0.1, -0.05) is 12.6 Å². The smallest absolute Gasteiger partial charge is 0.138 e. The van der Waals surface area contributed by atoms with Crippen LogP contribution in [0.5, 0.6) is 0 Å². The first-order valence-corrected chi connectivity index (χ1v) is 9.86. The van der Waals surface area contributed by atoms with Crippen LogP contribution in [0.15, 0.2) is 24.3 Å². The fraction of sp³-hybridized carbons (Fsp3) is 0.409. The molecule has 148 valence electrons. The molecule has 1 saturated heterocycles. The summed E-state index contributed by atoms with van der Waals surface area (Å²) < 4.78 is 5.80. The molecular weight excluding hydrogens is 354 g/mol. The first-order chi connectivity index (χ1) is 13.5. The molecule has 4 rings (SSSR count). The van der Waals surface area contributed by atoms with Crippen molar-refractivity contribution in [2.45, 2.75) is 38.6 Å². The van der Waals surface area contributed by atoms with E-state index in [2.05, 4.69) is 59.9 Å². The maximum absolute atomic E-state index is 10.0. The van der Waals surface area contributed by atoms with Gasteiger partial charge in [0.1, 0.15) is 11.9 Å². The van der Waals surface area contributed by atoms with Crippen LogP contribution in [-0.4, -0.2) is 47.1 Å². The van der Waals surface area contributed by atoms with Gasteiger partial charge in [-0.3, -0.25) is 0 Å². The largest absolute Gasteiger partial charge is 0.394 e. The third kappa shape index (κ3) is 3.28. The summed E-state index contributed by atoms with van der Waals surface area (Å²) in [5.41, 5.74) is 4.18. The number of hydrogen-bond acceptors (Lipinski definition) is 6. The molecule has 1 fully saturated rings. The van der Waals surface area contributed by atoms with E-state index in [1.807, 2.05) is 6.07 Å². The average molecular weight is 381 g/mol. The first kappa shape index (κ1) is 18.9. The summed E-state index contributed by atoms with van der Waals surface area (Å²) in [5, 5.41) is 24.4. The van der Waals surface area contributed by atoms with Crippen LogP contribution in [-0.2, 0) is 4.74 Å². The van der Waals surface area contributed by atoms with Gasteiger partial charge in [-0.25, -0.2) is 4.98 Å². The van der Waals surface area contributed by atoms with Crippen LogP contribution in [0.3, 0.4) is 0 Å². The highest BCUT2D eigenvalue weighted by atomic mass is 16.5. The molecule has 1 aromatic carbocycles. The van der Waals surface area contributed by atoms with Gasteiger partial charge in [-0.05, 0) is 43.7 Å². The Kier molecular flexibility index (Phi) is 5.10. The second-order valence-corrected chi connectivity index (χ2v) is 7.32. The van der Waals surface area contributed by atoms with Crippen LogP contribution in [0.25, 0.3) is 12.7 Å². The minimum absolute atomic E-state index is 0.196. The summed E-state index contributed by atoms with van der Waals surface area (Å²) in [6.45, 7) is 10.1. The summed E-state index contributed by atoms with van der Waals surface area (Å²) in [5.74, 6) is 0.773. The summed E-state index contributed by atoms with van der Waals surface area (Å²) in [6, 6.07) is 8.44. The number of aromatic nitrogens is 1. The number of hydrogen-bond donors (Lipinski definition) is 3. The van der Waals surface area contributed by atoms with Gasteiger partial charge >= 0.3 is 0 Å². The number of anilines is 3. The number of nitrogens with zero attached hydrogens (tertiary/aromatic N) is 2. The molecule has 2 aliphatic heterocycles. The van der Waals surface area contributed by atoms with E-state index < -0.39 is 12.2 Å². The van der Waals surface area contributed by atoms with E-state index in [0.717, 1.165) is 40.9 Å².